The fourth-order valence-electron chi connectivity index (χ4n) is 2.01. The van der Waals surface area contributed by atoms with Crippen molar-refractivity contribution in [3.05, 3.63) is 0 Å². The van der Waals surface area contributed by atoms with Crippen molar-refractivity contribution in [3.63, 3.8) is 0 Å². The Morgan fingerprint density at radius 2 is 2.00 bits per heavy atom. The van der Waals surface area contributed by atoms with Gasteiger partial charge >= 0.3 is 0 Å². The van der Waals surface area contributed by atoms with E-state index in [-0.39, 0.29) is 23.6 Å². The highest BCUT2D eigenvalue weighted by molar-refractivity contribution is 7.89. The molecule has 0 bridgehead atoms. The summed E-state index contributed by atoms with van der Waals surface area (Å²) >= 11 is 0. The third-order valence-electron chi connectivity index (χ3n) is 2.60. The van der Waals surface area contributed by atoms with Gasteiger partial charge in [-0.1, -0.05) is 20.8 Å². The topological polar surface area (TPSA) is 58.2 Å². The largest absolute Gasteiger partial charge is 0.314 e. The number of nitrogens with one attached hydrogen (secondary N) is 2. The zero-order chi connectivity index (χ0) is 12.2. The van der Waals surface area contributed by atoms with Gasteiger partial charge in [0.1, 0.15) is 0 Å². The molecule has 1 heterocycles. The molecule has 0 saturated carbocycles. The van der Waals surface area contributed by atoms with Crippen LogP contribution in [-0.2, 0) is 10.0 Å². The predicted octanol–water partition coefficient (Wildman–Crippen LogP) is 1.52. The summed E-state index contributed by atoms with van der Waals surface area (Å²) in [7, 11) is -3.11. The molecule has 1 aliphatic heterocycles. The van der Waals surface area contributed by atoms with E-state index in [0.29, 0.717) is 12.6 Å². The molecular formula is C11H25ClN2O2S. The zero-order valence-corrected chi connectivity index (χ0v) is 12.6. The van der Waals surface area contributed by atoms with Crippen LogP contribution in [0, 0.1) is 5.41 Å². The Labute approximate surface area is 111 Å². The van der Waals surface area contributed by atoms with Crippen LogP contribution in [0.1, 0.15) is 40.0 Å². The van der Waals surface area contributed by atoms with Gasteiger partial charge < -0.3 is 5.32 Å². The van der Waals surface area contributed by atoms with Crippen LogP contribution in [0.3, 0.4) is 0 Å². The van der Waals surface area contributed by atoms with Crippen molar-refractivity contribution in [2.45, 2.75) is 46.1 Å². The molecule has 0 aromatic rings. The third-order valence-corrected chi connectivity index (χ3v) is 4.49. The summed E-state index contributed by atoms with van der Waals surface area (Å²) < 4.78 is 26.1. The van der Waals surface area contributed by atoms with Crippen LogP contribution in [-0.4, -0.2) is 33.3 Å². The van der Waals surface area contributed by atoms with Crippen LogP contribution in [0.15, 0.2) is 0 Å². The van der Waals surface area contributed by atoms with E-state index in [1.54, 1.807) is 0 Å². The highest BCUT2D eigenvalue weighted by Gasteiger charge is 2.21. The number of hydrogen-bond donors (Lipinski definition) is 2. The van der Waals surface area contributed by atoms with E-state index >= 15 is 0 Å². The Bertz CT molecular complexity index is 306. The summed E-state index contributed by atoms with van der Waals surface area (Å²) in [6.45, 7) is 7.43. The van der Waals surface area contributed by atoms with Gasteiger partial charge in [-0.25, -0.2) is 13.1 Å². The minimum atomic E-state index is -3.11. The first kappa shape index (κ1) is 17.2. The molecule has 6 heteroatoms. The van der Waals surface area contributed by atoms with Crippen molar-refractivity contribution in [2.75, 3.05) is 18.8 Å². The van der Waals surface area contributed by atoms with Crippen LogP contribution in [0.5, 0.6) is 0 Å². The van der Waals surface area contributed by atoms with Gasteiger partial charge in [0, 0.05) is 12.6 Å². The van der Waals surface area contributed by atoms with E-state index in [1.165, 1.54) is 12.8 Å². The van der Waals surface area contributed by atoms with Gasteiger partial charge in [-0.3, -0.25) is 0 Å². The SMILES string of the molecule is CC(C)(C)CS(=O)(=O)NCC[C@H]1CCCN1.Cl. The zero-order valence-electron chi connectivity index (χ0n) is 11.0. The first-order chi connectivity index (χ1) is 7.29. The quantitative estimate of drug-likeness (QED) is 0.805. The van der Waals surface area contributed by atoms with E-state index in [1.807, 2.05) is 20.8 Å². The Morgan fingerprint density at radius 1 is 1.35 bits per heavy atom. The van der Waals surface area contributed by atoms with Crippen molar-refractivity contribution in [1.29, 1.82) is 0 Å². The lowest BCUT2D eigenvalue weighted by molar-refractivity contribution is 0.456. The minimum Gasteiger partial charge on any atom is -0.314 e. The standard InChI is InChI=1S/C11H24N2O2S.ClH/c1-11(2,3)9-16(14,15)13-8-6-10-5-4-7-12-10;/h10,12-13H,4-9H2,1-3H3;1H/t10-;/m1./s1. The molecule has 1 atom stereocenters. The number of hydrogen-bond acceptors (Lipinski definition) is 3. The average Bonchev–Trinajstić information content (AvgIpc) is 2.51. The molecule has 4 nitrogen and oxygen atoms in total. The van der Waals surface area contributed by atoms with Crippen LogP contribution in [0.2, 0.25) is 0 Å². The fourth-order valence-corrected chi connectivity index (χ4v) is 3.68. The lowest BCUT2D eigenvalue weighted by Crippen LogP contribution is -2.35. The maximum Gasteiger partial charge on any atom is 0.212 e. The van der Waals surface area contributed by atoms with Gasteiger partial charge in [0.2, 0.25) is 10.0 Å². The first-order valence-electron chi connectivity index (χ1n) is 5.99. The van der Waals surface area contributed by atoms with Crippen molar-refractivity contribution >= 4 is 22.4 Å². The second-order valence-electron chi connectivity index (χ2n) is 5.80. The van der Waals surface area contributed by atoms with Gasteiger partial charge in [-0.2, -0.15) is 0 Å². The van der Waals surface area contributed by atoms with Crippen molar-refractivity contribution in [3.8, 4) is 0 Å². The molecule has 0 amide bonds. The van der Waals surface area contributed by atoms with E-state index < -0.39 is 10.0 Å². The lowest BCUT2D eigenvalue weighted by atomic mass is 10.0. The number of sulfonamides is 1. The Hall–Kier alpha value is 0.160. The van der Waals surface area contributed by atoms with Crippen molar-refractivity contribution in [2.24, 2.45) is 5.41 Å². The van der Waals surface area contributed by atoms with Crippen LogP contribution in [0.4, 0.5) is 0 Å². The summed E-state index contributed by atoms with van der Waals surface area (Å²) in [6, 6.07) is 0.498. The van der Waals surface area contributed by atoms with Crippen LogP contribution in [0.25, 0.3) is 0 Å². The molecule has 0 spiro atoms. The Morgan fingerprint density at radius 3 is 2.47 bits per heavy atom. The molecule has 0 radical (unpaired) electrons. The molecule has 1 fully saturated rings. The molecule has 1 saturated heterocycles. The fraction of sp³-hybridized carbons (Fsp3) is 1.00. The van der Waals surface area contributed by atoms with Gasteiger partial charge in [-0.15, -0.1) is 12.4 Å². The van der Waals surface area contributed by atoms with Gasteiger partial charge in [0.15, 0.2) is 0 Å². The molecule has 1 rings (SSSR count). The summed E-state index contributed by atoms with van der Waals surface area (Å²) in [5.74, 6) is 0.193. The molecule has 2 N–H and O–H groups in total. The summed E-state index contributed by atoms with van der Waals surface area (Å²) in [6.07, 6.45) is 3.27. The lowest BCUT2D eigenvalue weighted by Gasteiger charge is -2.18. The normalized spacial score (nSPS) is 21.2. The van der Waals surface area contributed by atoms with Gasteiger partial charge in [0.25, 0.3) is 0 Å². The molecule has 0 aliphatic carbocycles. The second-order valence-corrected chi connectivity index (χ2v) is 7.60. The highest BCUT2D eigenvalue weighted by atomic mass is 35.5. The Balaban J connectivity index is 0.00000256. The molecular weight excluding hydrogens is 260 g/mol. The maximum absolute atomic E-state index is 11.7. The van der Waals surface area contributed by atoms with Crippen LogP contribution < -0.4 is 10.0 Å². The average molecular weight is 285 g/mol. The van der Waals surface area contributed by atoms with E-state index in [2.05, 4.69) is 10.0 Å². The number of halogens is 1. The third kappa shape index (κ3) is 7.97. The van der Waals surface area contributed by atoms with Crippen LogP contribution >= 0.6 is 12.4 Å². The smallest absolute Gasteiger partial charge is 0.212 e. The molecule has 17 heavy (non-hydrogen) atoms. The first-order valence-corrected chi connectivity index (χ1v) is 7.64. The summed E-state index contributed by atoms with van der Waals surface area (Å²) in [5.41, 5.74) is -0.183. The van der Waals surface area contributed by atoms with Crippen molar-refractivity contribution in [1.82, 2.24) is 10.0 Å². The van der Waals surface area contributed by atoms with Gasteiger partial charge in [-0.05, 0) is 31.2 Å². The number of rotatable bonds is 5. The minimum absolute atomic E-state index is 0. The highest BCUT2D eigenvalue weighted by Crippen LogP contribution is 2.15. The monoisotopic (exact) mass is 284 g/mol. The Kier molecular flexibility index (Phi) is 6.99. The molecule has 0 aromatic carbocycles. The molecule has 0 unspecified atom stereocenters. The second kappa shape index (κ2) is 6.92. The molecule has 1 aliphatic rings. The molecule has 0 aromatic heterocycles. The van der Waals surface area contributed by atoms with E-state index in [0.717, 1.165) is 13.0 Å². The predicted molar refractivity (Wildman–Crippen MR) is 74.1 cm³/mol. The molecule has 104 valence electrons. The van der Waals surface area contributed by atoms with E-state index in [4.69, 9.17) is 0 Å². The summed E-state index contributed by atoms with van der Waals surface area (Å²) in [5, 5.41) is 3.36. The van der Waals surface area contributed by atoms with Crippen molar-refractivity contribution < 1.29 is 8.42 Å². The van der Waals surface area contributed by atoms with E-state index in [9.17, 15) is 8.42 Å². The van der Waals surface area contributed by atoms with Gasteiger partial charge in [0.05, 0.1) is 5.75 Å². The summed E-state index contributed by atoms with van der Waals surface area (Å²) in [4.78, 5) is 0. The maximum atomic E-state index is 11.7.